The van der Waals surface area contributed by atoms with Gasteiger partial charge in [-0.05, 0) is 26.7 Å². The highest BCUT2D eigenvalue weighted by Crippen LogP contribution is 2.07. The Morgan fingerprint density at radius 1 is 1.27 bits per heavy atom. The van der Waals surface area contributed by atoms with Crippen LogP contribution in [0.15, 0.2) is 0 Å². The van der Waals surface area contributed by atoms with Crippen LogP contribution in [0.1, 0.15) is 34.6 Å². The Morgan fingerprint density at radius 3 is 1.82 bits per heavy atom. The molecule has 2 nitrogen and oxygen atoms in total. The van der Waals surface area contributed by atoms with Gasteiger partial charge in [-0.1, -0.05) is 13.8 Å². The Labute approximate surface area is 69.6 Å². The molecule has 0 heterocycles. The minimum atomic E-state index is -0.0324. The molecule has 0 aliphatic carbocycles. The molecule has 0 rings (SSSR count). The molecule has 1 N–H and O–H groups in total. The third-order valence-corrected chi connectivity index (χ3v) is 1.39. The molecule has 0 aromatic heterocycles. The largest absolute Gasteiger partial charge is 0.297 e. The normalized spacial score (nSPS) is 14.6. The van der Waals surface area contributed by atoms with E-state index in [-0.39, 0.29) is 11.6 Å². The van der Waals surface area contributed by atoms with E-state index in [1.165, 1.54) is 0 Å². The van der Waals surface area contributed by atoms with Gasteiger partial charge in [-0.15, -0.1) is 0 Å². The molecule has 0 aliphatic heterocycles. The predicted molar refractivity (Wildman–Crippen MR) is 47.1 cm³/mol. The minimum Gasteiger partial charge on any atom is -0.297 e. The van der Waals surface area contributed by atoms with E-state index in [0.29, 0.717) is 5.92 Å². The summed E-state index contributed by atoms with van der Waals surface area (Å²) >= 11 is 0. The number of hydrogen-bond acceptors (Lipinski definition) is 2. The van der Waals surface area contributed by atoms with Gasteiger partial charge in [0.15, 0.2) is 0 Å². The molecule has 2 heteroatoms. The van der Waals surface area contributed by atoms with E-state index in [2.05, 4.69) is 32.2 Å². The zero-order valence-electron chi connectivity index (χ0n) is 8.10. The summed E-state index contributed by atoms with van der Waals surface area (Å²) < 4.78 is 0. The summed E-state index contributed by atoms with van der Waals surface area (Å²) in [4.78, 5) is 0. The van der Waals surface area contributed by atoms with Crippen molar-refractivity contribution in [3.63, 3.8) is 0 Å². The summed E-state index contributed by atoms with van der Waals surface area (Å²) in [5, 5.41) is 12.0. The van der Waals surface area contributed by atoms with Crippen molar-refractivity contribution in [3.05, 3.63) is 0 Å². The highest BCUT2D eigenvalue weighted by molar-refractivity contribution is 4.95. The Kier molecular flexibility index (Phi) is 3.54. The van der Waals surface area contributed by atoms with E-state index in [0.717, 1.165) is 0 Å². The molecule has 0 aromatic carbocycles. The van der Waals surface area contributed by atoms with Gasteiger partial charge >= 0.3 is 0 Å². The molecule has 0 saturated carbocycles. The fourth-order valence-electron chi connectivity index (χ4n) is 0.815. The third kappa shape index (κ3) is 4.80. The van der Waals surface area contributed by atoms with Gasteiger partial charge in [0.1, 0.15) is 0 Å². The lowest BCUT2D eigenvalue weighted by Crippen LogP contribution is -2.45. The highest BCUT2D eigenvalue weighted by atomic mass is 15.0. The molecule has 0 bridgehead atoms. The number of rotatable bonds is 2. The first-order valence-electron chi connectivity index (χ1n) is 4.04. The monoisotopic (exact) mass is 154 g/mol. The van der Waals surface area contributed by atoms with Gasteiger partial charge in [0.05, 0.1) is 12.1 Å². The van der Waals surface area contributed by atoms with Crippen molar-refractivity contribution in [1.29, 1.82) is 5.26 Å². The average molecular weight is 154 g/mol. The first-order valence-corrected chi connectivity index (χ1v) is 4.04. The van der Waals surface area contributed by atoms with Crippen molar-refractivity contribution in [2.24, 2.45) is 5.92 Å². The standard InChI is InChI=1S/C9H18N2/c1-7(2)8(6-10)11-9(3,4)5/h7-8,11H,1-5H3. The summed E-state index contributed by atoms with van der Waals surface area (Å²) in [6, 6.07) is 2.21. The summed E-state index contributed by atoms with van der Waals surface area (Å²) in [6.45, 7) is 10.3. The first-order chi connectivity index (χ1) is 4.87. The molecule has 0 saturated heterocycles. The maximum atomic E-state index is 8.75. The van der Waals surface area contributed by atoms with E-state index in [1.807, 2.05) is 13.8 Å². The lowest BCUT2D eigenvalue weighted by Gasteiger charge is -2.26. The summed E-state index contributed by atoms with van der Waals surface area (Å²) in [6.07, 6.45) is 0. The molecular formula is C9H18N2. The van der Waals surface area contributed by atoms with Crippen LogP contribution < -0.4 is 5.32 Å². The van der Waals surface area contributed by atoms with Crippen LogP contribution in [0.3, 0.4) is 0 Å². The molecule has 0 amide bonds. The second-order valence-corrected chi connectivity index (χ2v) is 4.25. The van der Waals surface area contributed by atoms with Crippen LogP contribution in [0.2, 0.25) is 0 Å². The van der Waals surface area contributed by atoms with Gasteiger partial charge in [-0.2, -0.15) is 5.26 Å². The van der Waals surface area contributed by atoms with Gasteiger partial charge in [-0.25, -0.2) is 0 Å². The van der Waals surface area contributed by atoms with Crippen molar-refractivity contribution in [3.8, 4) is 6.07 Å². The van der Waals surface area contributed by atoms with E-state index < -0.39 is 0 Å². The Balaban J connectivity index is 4.02. The molecule has 0 radical (unpaired) electrons. The molecular weight excluding hydrogens is 136 g/mol. The number of hydrogen-bond donors (Lipinski definition) is 1. The van der Waals surface area contributed by atoms with Crippen LogP contribution in [0.25, 0.3) is 0 Å². The lowest BCUT2D eigenvalue weighted by molar-refractivity contribution is 0.348. The second-order valence-electron chi connectivity index (χ2n) is 4.25. The Morgan fingerprint density at radius 2 is 1.73 bits per heavy atom. The maximum Gasteiger partial charge on any atom is 0.0980 e. The summed E-state index contributed by atoms with van der Waals surface area (Å²) in [5.41, 5.74) is 0.0324. The zero-order chi connectivity index (χ0) is 9.07. The topological polar surface area (TPSA) is 35.8 Å². The molecule has 64 valence electrons. The number of nitriles is 1. The van der Waals surface area contributed by atoms with Gasteiger partial charge in [0.2, 0.25) is 0 Å². The van der Waals surface area contributed by atoms with Crippen LogP contribution in [0.4, 0.5) is 0 Å². The predicted octanol–water partition coefficient (Wildman–Crippen LogP) is 1.92. The SMILES string of the molecule is CC(C)C(C#N)NC(C)(C)C. The fourth-order valence-corrected chi connectivity index (χ4v) is 0.815. The van der Waals surface area contributed by atoms with Gasteiger partial charge in [0.25, 0.3) is 0 Å². The number of nitrogens with one attached hydrogen (secondary N) is 1. The molecule has 11 heavy (non-hydrogen) atoms. The van der Waals surface area contributed by atoms with Crippen molar-refractivity contribution in [1.82, 2.24) is 5.32 Å². The molecule has 0 aliphatic rings. The first kappa shape index (κ1) is 10.4. The van der Waals surface area contributed by atoms with Crippen molar-refractivity contribution in [2.75, 3.05) is 0 Å². The van der Waals surface area contributed by atoms with E-state index in [4.69, 9.17) is 5.26 Å². The Bertz CT molecular complexity index is 148. The second kappa shape index (κ2) is 3.73. The van der Waals surface area contributed by atoms with Gasteiger partial charge in [-0.3, -0.25) is 5.32 Å². The third-order valence-electron chi connectivity index (χ3n) is 1.39. The van der Waals surface area contributed by atoms with E-state index in [1.54, 1.807) is 0 Å². The van der Waals surface area contributed by atoms with Crippen LogP contribution in [0, 0.1) is 17.2 Å². The van der Waals surface area contributed by atoms with Crippen LogP contribution in [-0.4, -0.2) is 11.6 Å². The average Bonchev–Trinajstić information content (AvgIpc) is 1.80. The van der Waals surface area contributed by atoms with Gasteiger partial charge < -0.3 is 0 Å². The van der Waals surface area contributed by atoms with E-state index >= 15 is 0 Å². The van der Waals surface area contributed by atoms with E-state index in [9.17, 15) is 0 Å². The summed E-state index contributed by atoms with van der Waals surface area (Å²) in [5.74, 6) is 0.374. The smallest absolute Gasteiger partial charge is 0.0980 e. The number of nitrogens with zero attached hydrogens (tertiary/aromatic N) is 1. The highest BCUT2D eigenvalue weighted by Gasteiger charge is 2.18. The molecule has 0 fully saturated rings. The molecule has 0 aromatic rings. The zero-order valence-corrected chi connectivity index (χ0v) is 8.10. The van der Waals surface area contributed by atoms with Crippen molar-refractivity contribution < 1.29 is 0 Å². The minimum absolute atomic E-state index is 0.0324. The summed E-state index contributed by atoms with van der Waals surface area (Å²) in [7, 11) is 0. The quantitative estimate of drug-likeness (QED) is 0.659. The van der Waals surface area contributed by atoms with Crippen LogP contribution in [-0.2, 0) is 0 Å². The Hall–Kier alpha value is -0.550. The molecule has 0 spiro atoms. The maximum absolute atomic E-state index is 8.75. The van der Waals surface area contributed by atoms with Crippen molar-refractivity contribution >= 4 is 0 Å². The van der Waals surface area contributed by atoms with Crippen LogP contribution >= 0.6 is 0 Å². The van der Waals surface area contributed by atoms with Crippen LogP contribution in [0.5, 0.6) is 0 Å². The van der Waals surface area contributed by atoms with Gasteiger partial charge in [0, 0.05) is 5.54 Å². The van der Waals surface area contributed by atoms with Crippen molar-refractivity contribution in [2.45, 2.75) is 46.2 Å². The fraction of sp³-hybridized carbons (Fsp3) is 0.889. The molecule has 1 atom stereocenters. The lowest BCUT2D eigenvalue weighted by atomic mass is 10.0. The molecule has 1 unspecified atom stereocenters.